The lowest BCUT2D eigenvalue weighted by atomic mass is 10.1. The van der Waals surface area contributed by atoms with E-state index in [9.17, 15) is 36.8 Å². The zero-order valence-electron chi connectivity index (χ0n) is 23.0. The molecule has 2 aliphatic carbocycles. The molecule has 0 unspecified atom stereocenters. The van der Waals surface area contributed by atoms with Crippen LogP contribution in [0, 0.1) is 11.7 Å². The molecule has 43 heavy (non-hydrogen) atoms. The molecular formula is C27H31FN6O8S. The van der Waals surface area contributed by atoms with Crippen molar-refractivity contribution in [3.8, 4) is 0 Å². The zero-order chi connectivity index (χ0) is 30.7. The van der Waals surface area contributed by atoms with Crippen LogP contribution in [0.5, 0.6) is 0 Å². The summed E-state index contributed by atoms with van der Waals surface area (Å²) in [5.41, 5.74) is -0.535. The Kier molecular flexibility index (Phi) is 7.06. The maximum Gasteiger partial charge on any atom is 0.410 e. The molecule has 4 fully saturated rings. The van der Waals surface area contributed by atoms with E-state index >= 15 is 0 Å². The maximum atomic E-state index is 14.2. The highest BCUT2D eigenvalue weighted by Gasteiger charge is 2.62. The molecule has 16 heteroatoms. The number of carbonyl (C=O) groups excluding carboxylic acids is 5. The number of halogens is 1. The average Bonchev–Trinajstić information content (AvgIpc) is 3.78. The first-order chi connectivity index (χ1) is 20.4. The standard InChI is InChI=1S/C27H31FN6O8S/c1-2-15-9-27(15,24(37)32-43(40,41)17-6-7-17)31-22(35)21-8-16(12-34(21)23(36)20-10-29-25(38)30-20)42-26(39)33-11-14-4-3-5-19(28)18(14)13-33/h2-5,15-17,20-21H,1,6-13H2,(H,31,35)(H,32,37)(H2,29,30,38)/t15-,16-,20+,21+,27-/m1/s1. The number of nitrogens with zero attached hydrogens (tertiary/aromatic N) is 2. The summed E-state index contributed by atoms with van der Waals surface area (Å²) in [6.45, 7) is 3.62. The van der Waals surface area contributed by atoms with Crippen LogP contribution in [-0.2, 0) is 42.2 Å². The Morgan fingerprint density at radius 1 is 1.19 bits per heavy atom. The number of rotatable bonds is 8. The van der Waals surface area contributed by atoms with Crippen LogP contribution in [0.25, 0.3) is 0 Å². The fourth-order valence-electron chi connectivity index (χ4n) is 5.93. The second-order valence-electron chi connectivity index (χ2n) is 11.6. The molecular weight excluding hydrogens is 587 g/mol. The number of sulfonamides is 1. The Morgan fingerprint density at radius 2 is 1.95 bits per heavy atom. The minimum atomic E-state index is -3.89. The molecule has 6 rings (SSSR count). The van der Waals surface area contributed by atoms with Crippen molar-refractivity contribution in [2.75, 3.05) is 13.1 Å². The molecule has 14 nitrogen and oxygen atoms in total. The molecule has 0 radical (unpaired) electrons. The highest BCUT2D eigenvalue weighted by Crippen LogP contribution is 2.45. The number of benzene rings is 1. The van der Waals surface area contributed by atoms with Crippen molar-refractivity contribution in [1.82, 2.24) is 30.5 Å². The first-order valence-electron chi connectivity index (χ1n) is 14.0. The average molecular weight is 619 g/mol. The van der Waals surface area contributed by atoms with Crippen molar-refractivity contribution in [3.63, 3.8) is 0 Å². The van der Waals surface area contributed by atoms with Crippen LogP contribution in [0.15, 0.2) is 30.9 Å². The molecule has 5 aliphatic rings. The van der Waals surface area contributed by atoms with Gasteiger partial charge in [0.2, 0.25) is 21.8 Å². The number of urea groups is 1. The van der Waals surface area contributed by atoms with Crippen LogP contribution >= 0.6 is 0 Å². The largest absolute Gasteiger partial charge is 0.444 e. The molecule has 1 aromatic carbocycles. The minimum Gasteiger partial charge on any atom is -0.444 e. The lowest BCUT2D eigenvalue weighted by molar-refractivity contribution is -0.140. The van der Waals surface area contributed by atoms with E-state index in [4.69, 9.17) is 4.74 Å². The van der Waals surface area contributed by atoms with E-state index < -0.39 is 80.6 Å². The number of carbonyl (C=O) groups is 5. The molecule has 0 aromatic heterocycles. The van der Waals surface area contributed by atoms with Gasteiger partial charge in [0.15, 0.2) is 0 Å². The van der Waals surface area contributed by atoms with E-state index in [1.165, 1.54) is 21.9 Å². The fourth-order valence-corrected chi connectivity index (χ4v) is 7.29. The second kappa shape index (κ2) is 10.5. The highest BCUT2D eigenvalue weighted by molar-refractivity contribution is 7.91. The molecule has 2 saturated heterocycles. The molecule has 2 saturated carbocycles. The van der Waals surface area contributed by atoms with Crippen LogP contribution in [0.1, 0.15) is 36.8 Å². The van der Waals surface area contributed by atoms with Gasteiger partial charge in [0, 0.05) is 31.0 Å². The predicted octanol–water partition coefficient (Wildman–Crippen LogP) is -0.402. The monoisotopic (exact) mass is 618 g/mol. The summed E-state index contributed by atoms with van der Waals surface area (Å²) in [5.74, 6) is -3.21. The van der Waals surface area contributed by atoms with Crippen molar-refractivity contribution >= 4 is 39.9 Å². The van der Waals surface area contributed by atoms with Gasteiger partial charge in [0.25, 0.3) is 5.91 Å². The molecule has 6 amide bonds. The predicted molar refractivity (Wildman–Crippen MR) is 146 cm³/mol. The first-order valence-corrected chi connectivity index (χ1v) is 15.5. The Balaban J connectivity index is 1.17. The summed E-state index contributed by atoms with van der Waals surface area (Å²) in [7, 11) is -3.89. The smallest absolute Gasteiger partial charge is 0.410 e. The van der Waals surface area contributed by atoms with E-state index in [1.807, 2.05) is 0 Å². The van der Waals surface area contributed by atoms with Gasteiger partial charge < -0.3 is 25.6 Å². The van der Waals surface area contributed by atoms with Gasteiger partial charge >= 0.3 is 12.1 Å². The number of likely N-dealkylation sites (tertiary alicyclic amines) is 1. The summed E-state index contributed by atoms with van der Waals surface area (Å²) in [4.78, 5) is 67.4. The van der Waals surface area contributed by atoms with Gasteiger partial charge in [-0.05, 0) is 30.9 Å². The number of fused-ring (bicyclic) bond motifs is 1. The van der Waals surface area contributed by atoms with E-state index in [0.717, 1.165) is 0 Å². The van der Waals surface area contributed by atoms with E-state index in [-0.39, 0.29) is 39.0 Å². The molecule has 230 valence electrons. The van der Waals surface area contributed by atoms with Crippen molar-refractivity contribution in [2.24, 2.45) is 5.92 Å². The SMILES string of the molecule is C=C[C@@H]1C[C@]1(NC(=O)[C@@H]1C[C@@H](OC(=O)N2Cc3cccc(F)c3C2)CN1C(=O)[C@@H]1CNC(=O)N1)C(=O)NS(=O)(=O)C1CC1. The topological polar surface area (TPSA) is 183 Å². The zero-order valence-corrected chi connectivity index (χ0v) is 23.8. The summed E-state index contributed by atoms with van der Waals surface area (Å²) in [6, 6.07) is 1.83. The van der Waals surface area contributed by atoms with Gasteiger partial charge in [-0.3, -0.25) is 24.0 Å². The Bertz CT molecular complexity index is 1530. The third-order valence-electron chi connectivity index (χ3n) is 8.62. The molecule has 3 heterocycles. The van der Waals surface area contributed by atoms with E-state index in [0.29, 0.717) is 24.0 Å². The number of hydrogen-bond donors (Lipinski definition) is 4. The van der Waals surface area contributed by atoms with Crippen LogP contribution in [0.3, 0.4) is 0 Å². The van der Waals surface area contributed by atoms with Crippen molar-refractivity contribution in [1.29, 1.82) is 0 Å². The van der Waals surface area contributed by atoms with E-state index in [1.54, 1.807) is 12.1 Å². The van der Waals surface area contributed by atoms with Gasteiger partial charge in [0.05, 0.1) is 18.3 Å². The summed E-state index contributed by atoms with van der Waals surface area (Å²) in [5, 5.41) is 6.95. The van der Waals surface area contributed by atoms with Crippen LogP contribution in [-0.4, -0.2) is 90.1 Å². The highest BCUT2D eigenvalue weighted by atomic mass is 32.2. The lowest BCUT2D eigenvalue weighted by Crippen LogP contribution is -2.58. The Hall–Kier alpha value is -4.21. The first kappa shape index (κ1) is 28.9. The lowest BCUT2D eigenvalue weighted by Gasteiger charge is -2.28. The third kappa shape index (κ3) is 5.39. The van der Waals surface area contributed by atoms with E-state index in [2.05, 4.69) is 27.3 Å². The van der Waals surface area contributed by atoms with Gasteiger partial charge in [0.1, 0.15) is 29.5 Å². The van der Waals surface area contributed by atoms with Gasteiger partial charge in [-0.1, -0.05) is 18.2 Å². The summed E-state index contributed by atoms with van der Waals surface area (Å²) >= 11 is 0. The number of amides is 6. The molecule has 0 spiro atoms. The Labute approximate surface area is 246 Å². The number of nitrogens with one attached hydrogen (secondary N) is 4. The molecule has 4 N–H and O–H groups in total. The second-order valence-corrected chi connectivity index (χ2v) is 13.5. The molecule has 3 aliphatic heterocycles. The van der Waals surface area contributed by atoms with Gasteiger partial charge in [-0.15, -0.1) is 6.58 Å². The molecule has 1 aromatic rings. The normalized spacial score (nSPS) is 29.3. The third-order valence-corrected chi connectivity index (χ3v) is 10.4. The summed E-state index contributed by atoms with van der Waals surface area (Å²) < 4.78 is 46.8. The fraction of sp³-hybridized carbons (Fsp3) is 0.519. The van der Waals surface area contributed by atoms with Crippen molar-refractivity contribution < 1.29 is 41.5 Å². The number of ether oxygens (including phenoxy) is 1. The van der Waals surface area contributed by atoms with Gasteiger partial charge in [-0.2, -0.15) is 0 Å². The number of hydrogen-bond acceptors (Lipinski definition) is 8. The van der Waals surface area contributed by atoms with Crippen molar-refractivity contribution in [2.45, 2.75) is 67.7 Å². The van der Waals surface area contributed by atoms with Crippen LogP contribution in [0.4, 0.5) is 14.0 Å². The van der Waals surface area contributed by atoms with Crippen LogP contribution < -0.4 is 20.7 Å². The maximum absolute atomic E-state index is 14.2. The summed E-state index contributed by atoms with van der Waals surface area (Å²) in [6.07, 6.45) is 0.641. The van der Waals surface area contributed by atoms with Crippen LogP contribution in [0.2, 0.25) is 0 Å². The Morgan fingerprint density at radius 3 is 2.58 bits per heavy atom. The molecule has 0 bridgehead atoms. The van der Waals surface area contributed by atoms with Gasteiger partial charge in [-0.25, -0.2) is 22.4 Å². The minimum absolute atomic E-state index is 0.00420. The quantitative estimate of drug-likeness (QED) is 0.284. The van der Waals surface area contributed by atoms with Crippen molar-refractivity contribution in [3.05, 3.63) is 47.8 Å². The molecule has 5 atom stereocenters.